The van der Waals surface area contributed by atoms with E-state index in [0.717, 1.165) is 27.7 Å². The van der Waals surface area contributed by atoms with Crippen molar-refractivity contribution in [2.75, 3.05) is 6.54 Å². The van der Waals surface area contributed by atoms with Crippen LogP contribution in [0.15, 0.2) is 48.8 Å². The summed E-state index contributed by atoms with van der Waals surface area (Å²) < 4.78 is 0. The van der Waals surface area contributed by atoms with Gasteiger partial charge >= 0.3 is 0 Å². The van der Waals surface area contributed by atoms with Crippen LogP contribution >= 0.6 is 0 Å². The minimum absolute atomic E-state index is 0.0920. The monoisotopic (exact) mass is 332 g/mol. The number of nitrogens with zero attached hydrogens (tertiary/aromatic N) is 3. The SMILES string of the molecule is CCNC(=O)c1cccc(-c2n[nH]c3ccc(-c4nc[nH]n4)cc23)c1. The first-order valence-corrected chi connectivity index (χ1v) is 7.99. The van der Waals surface area contributed by atoms with Crippen LogP contribution in [0.1, 0.15) is 17.3 Å². The molecule has 0 saturated heterocycles. The van der Waals surface area contributed by atoms with Gasteiger partial charge in [-0.05, 0) is 37.3 Å². The van der Waals surface area contributed by atoms with E-state index in [-0.39, 0.29) is 5.91 Å². The molecule has 0 bridgehead atoms. The van der Waals surface area contributed by atoms with Crippen molar-refractivity contribution in [1.29, 1.82) is 0 Å². The molecule has 3 N–H and O–H groups in total. The van der Waals surface area contributed by atoms with Gasteiger partial charge in [-0.25, -0.2) is 4.98 Å². The maximum Gasteiger partial charge on any atom is 0.251 e. The van der Waals surface area contributed by atoms with E-state index in [1.165, 1.54) is 0 Å². The van der Waals surface area contributed by atoms with E-state index < -0.39 is 0 Å². The van der Waals surface area contributed by atoms with E-state index in [1.807, 2.05) is 43.3 Å². The second-order valence-electron chi connectivity index (χ2n) is 5.60. The molecule has 25 heavy (non-hydrogen) atoms. The number of fused-ring (bicyclic) bond motifs is 1. The summed E-state index contributed by atoms with van der Waals surface area (Å²) in [5.41, 5.74) is 4.09. The highest BCUT2D eigenvalue weighted by molar-refractivity contribution is 5.98. The molecule has 0 radical (unpaired) electrons. The lowest BCUT2D eigenvalue weighted by Gasteiger charge is -2.04. The predicted molar refractivity (Wildman–Crippen MR) is 94.9 cm³/mol. The van der Waals surface area contributed by atoms with Crippen LogP contribution in [-0.4, -0.2) is 37.8 Å². The van der Waals surface area contributed by atoms with E-state index >= 15 is 0 Å². The number of aromatic nitrogens is 5. The largest absolute Gasteiger partial charge is 0.352 e. The highest BCUT2D eigenvalue weighted by Crippen LogP contribution is 2.29. The molecule has 7 nitrogen and oxygen atoms in total. The summed E-state index contributed by atoms with van der Waals surface area (Å²) in [6.07, 6.45) is 1.55. The fraction of sp³-hybridized carbons (Fsp3) is 0.111. The molecule has 4 rings (SSSR count). The fourth-order valence-electron chi connectivity index (χ4n) is 2.79. The number of benzene rings is 2. The van der Waals surface area contributed by atoms with Gasteiger partial charge in [0.2, 0.25) is 0 Å². The minimum Gasteiger partial charge on any atom is -0.352 e. The van der Waals surface area contributed by atoms with Gasteiger partial charge in [0.15, 0.2) is 5.82 Å². The van der Waals surface area contributed by atoms with Crippen molar-refractivity contribution in [3.63, 3.8) is 0 Å². The Bertz CT molecular complexity index is 1030. The van der Waals surface area contributed by atoms with Gasteiger partial charge in [0.1, 0.15) is 6.33 Å². The molecule has 0 aliphatic rings. The molecule has 1 amide bonds. The summed E-state index contributed by atoms with van der Waals surface area (Å²) in [5, 5.41) is 18.1. The first kappa shape index (κ1) is 15.1. The van der Waals surface area contributed by atoms with Crippen molar-refractivity contribution in [2.45, 2.75) is 6.92 Å². The Balaban J connectivity index is 1.80. The molecule has 0 unspecified atom stereocenters. The highest BCUT2D eigenvalue weighted by Gasteiger charge is 2.13. The zero-order valence-corrected chi connectivity index (χ0v) is 13.6. The number of nitrogens with one attached hydrogen (secondary N) is 3. The quantitative estimate of drug-likeness (QED) is 0.535. The van der Waals surface area contributed by atoms with Gasteiger partial charge in [0, 0.05) is 28.6 Å². The van der Waals surface area contributed by atoms with Gasteiger partial charge < -0.3 is 5.32 Å². The summed E-state index contributed by atoms with van der Waals surface area (Å²) in [6, 6.07) is 13.3. The lowest BCUT2D eigenvalue weighted by Crippen LogP contribution is -2.22. The van der Waals surface area contributed by atoms with Crippen LogP contribution in [-0.2, 0) is 0 Å². The maximum absolute atomic E-state index is 12.1. The summed E-state index contributed by atoms with van der Waals surface area (Å²) in [4.78, 5) is 16.3. The second kappa shape index (κ2) is 6.20. The van der Waals surface area contributed by atoms with Gasteiger partial charge in [-0.15, -0.1) is 0 Å². The zero-order chi connectivity index (χ0) is 17.2. The summed E-state index contributed by atoms with van der Waals surface area (Å²) in [6.45, 7) is 2.49. The number of hydrogen-bond acceptors (Lipinski definition) is 4. The molecule has 0 fully saturated rings. The van der Waals surface area contributed by atoms with Crippen molar-refractivity contribution in [1.82, 2.24) is 30.7 Å². The molecular formula is C18H16N6O. The molecular weight excluding hydrogens is 316 g/mol. The van der Waals surface area contributed by atoms with E-state index in [4.69, 9.17) is 0 Å². The first-order chi connectivity index (χ1) is 12.3. The summed E-state index contributed by atoms with van der Waals surface area (Å²) >= 11 is 0. The van der Waals surface area contributed by atoms with Crippen molar-refractivity contribution >= 4 is 16.8 Å². The van der Waals surface area contributed by atoms with Gasteiger partial charge in [0.25, 0.3) is 5.91 Å². The van der Waals surface area contributed by atoms with E-state index in [1.54, 1.807) is 12.4 Å². The zero-order valence-electron chi connectivity index (χ0n) is 13.6. The van der Waals surface area contributed by atoms with Crippen LogP contribution in [0.4, 0.5) is 0 Å². The van der Waals surface area contributed by atoms with Crippen molar-refractivity contribution < 1.29 is 4.79 Å². The third kappa shape index (κ3) is 2.76. The summed E-state index contributed by atoms with van der Waals surface area (Å²) in [7, 11) is 0. The van der Waals surface area contributed by atoms with E-state index in [0.29, 0.717) is 17.9 Å². The predicted octanol–water partition coefficient (Wildman–Crippen LogP) is 2.76. The van der Waals surface area contributed by atoms with Crippen LogP contribution in [0.3, 0.4) is 0 Å². The molecule has 7 heteroatoms. The van der Waals surface area contributed by atoms with Gasteiger partial charge in [-0.1, -0.05) is 12.1 Å². The Morgan fingerprint density at radius 3 is 2.84 bits per heavy atom. The lowest BCUT2D eigenvalue weighted by molar-refractivity contribution is 0.0956. The molecule has 2 aromatic heterocycles. The van der Waals surface area contributed by atoms with Gasteiger partial charge in [0.05, 0.1) is 11.2 Å². The lowest BCUT2D eigenvalue weighted by atomic mass is 10.0. The van der Waals surface area contributed by atoms with Crippen LogP contribution in [0, 0.1) is 0 Å². The smallest absolute Gasteiger partial charge is 0.251 e. The van der Waals surface area contributed by atoms with Crippen molar-refractivity contribution in [3.8, 4) is 22.6 Å². The molecule has 0 aliphatic heterocycles. The molecule has 0 saturated carbocycles. The van der Waals surface area contributed by atoms with Crippen LogP contribution in [0.25, 0.3) is 33.5 Å². The Morgan fingerprint density at radius 2 is 2.04 bits per heavy atom. The average molecular weight is 332 g/mol. The molecule has 4 aromatic rings. The molecule has 2 aromatic carbocycles. The standard InChI is InChI=1S/C18H16N6O/c1-2-19-18(25)13-5-3-4-11(8-13)16-14-9-12(17-20-10-21-24-17)6-7-15(14)22-23-16/h3-10H,2H2,1H3,(H,19,25)(H,22,23)(H,20,21,24). The third-order valence-electron chi connectivity index (χ3n) is 3.97. The van der Waals surface area contributed by atoms with Gasteiger partial charge in [-0.3, -0.25) is 15.0 Å². The average Bonchev–Trinajstić information content (AvgIpc) is 3.31. The highest BCUT2D eigenvalue weighted by atomic mass is 16.1. The second-order valence-corrected chi connectivity index (χ2v) is 5.60. The Kier molecular flexibility index (Phi) is 3.74. The molecule has 0 aliphatic carbocycles. The normalized spacial score (nSPS) is 10.9. The molecule has 2 heterocycles. The number of carbonyl (C=O) groups is 1. The molecule has 0 spiro atoms. The topological polar surface area (TPSA) is 99.4 Å². The number of amides is 1. The number of rotatable bonds is 4. The van der Waals surface area contributed by atoms with Crippen LogP contribution in [0.2, 0.25) is 0 Å². The first-order valence-electron chi connectivity index (χ1n) is 7.99. The Hall–Kier alpha value is -3.48. The fourth-order valence-corrected chi connectivity index (χ4v) is 2.79. The number of carbonyl (C=O) groups excluding carboxylic acids is 1. The molecule has 0 atom stereocenters. The van der Waals surface area contributed by atoms with Crippen molar-refractivity contribution in [3.05, 3.63) is 54.4 Å². The summed E-state index contributed by atoms with van der Waals surface area (Å²) in [5.74, 6) is 0.538. The maximum atomic E-state index is 12.1. The number of hydrogen-bond donors (Lipinski definition) is 3. The number of aromatic amines is 2. The minimum atomic E-state index is -0.0920. The third-order valence-corrected chi connectivity index (χ3v) is 3.97. The van der Waals surface area contributed by atoms with E-state index in [2.05, 4.69) is 30.7 Å². The van der Waals surface area contributed by atoms with E-state index in [9.17, 15) is 4.79 Å². The van der Waals surface area contributed by atoms with Gasteiger partial charge in [-0.2, -0.15) is 10.2 Å². The Morgan fingerprint density at radius 1 is 1.12 bits per heavy atom. The van der Waals surface area contributed by atoms with Crippen LogP contribution < -0.4 is 5.32 Å². The van der Waals surface area contributed by atoms with Crippen molar-refractivity contribution in [2.24, 2.45) is 0 Å². The Labute approximate surface area is 143 Å². The van der Waals surface area contributed by atoms with Crippen LogP contribution in [0.5, 0.6) is 0 Å². The molecule has 124 valence electrons. The number of H-pyrrole nitrogens is 2.